The van der Waals surface area contributed by atoms with Gasteiger partial charge >= 0.3 is 7.05 Å². The fourth-order valence-corrected chi connectivity index (χ4v) is 1.82. The Morgan fingerprint density at radius 2 is 2.35 bits per heavy atom. The van der Waals surface area contributed by atoms with E-state index in [4.69, 9.17) is 12.2 Å². The van der Waals surface area contributed by atoms with Gasteiger partial charge in [-0.15, -0.1) is 6.58 Å². The Labute approximate surface area is 106 Å². The summed E-state index contributed by atoms with van der Waals surface area (Å²) in [6.07, 6.45) is 3.38. The number of hydrogen-bond acceptors (Lipinski definition) is 3. The quantitative estimate of drug-likeness (QED) is 0.440. The molecule has 2 rings (SSSR count). The number of thiocarbonyl (C=S) groups is 1. The first-order valence-electron chi connectivity index (χ1n) is 5.23. The van der Waals surface area contributed by atoms with E-state index in [1.54, 1.807) is 12.3 Å². The van der Waals surface area contributed by atoms with Crippen LogP contribution >= 0.6 is 12.2 Å². The van der Waals surface area contributed by atoms with Crippen LogP contribution in [0.4, 0.5) is 0 Å². The van der Waals surface area contributed by atoms with Gasteiger partial charge in [-0.1, -0.05) is 30.3 Å². The Balaban J connectivity index is 2.19. The van der Waals surface area contributed by atoms with Crippen molar-refractivity contribution in [2.24, 2.45) is 5.10 Å². The molecule has 17 heavy (non-hydrogen) atoms. The third kappa shape index (κ3) is 2.37. The Bertz CT molecular complexity index is 478. The van der Waals surface area contributed by atoms with Crippen LogP contribution < -0.4 is 10.8 Å². The van der Waals surface area contributed by atoms with Gasteiger partial charge in [-0.05, 0) is 23.2 Å². The molecule has 0 bridgehead atoms. The first-order valence-corrected chi connectivity index (χ1v) is 5.64. The molecule has 0 fully saturated rings. The van der Waals surface area contributed by atoms with Crippen molar-refractivity contribution in [1.29, 1.82) is 0 Å². The average molecular weight is 245 g/mol. The van der Waals surface area contributed by atoms with Gasteiger partial charge in [0.05, 0.1) is 6.21 Å². The molecule has 0 saturated carbocycles. The summed E-state index contributed by atoms with van der Waals surface area (Å²) in [6, 6.07) is 7.54. The van der Waals surface area contributed by atoms with Crippen molar-refractivity contribution in [3.05, 3.63) is 42.5 Å². The van der Waals surface area contributed by atoms with E-state index in [-0.39, 0.29) is 0 Å². The highest BCUT2D eigenvalue weighted by atomic mass is 32.1. The average Bonchev–Trinajstić information content (AvgIpc) is 2.37. The maximum absolute atomic E-state index is 10.1. The van der Waals surface area contributed by atoms with Gasteiger partial charge in [0.1, 0.15) is 0 Å². The lowest BCUT2D eigenvalue weighted by atomic mass is 9.70. The summed E-state index contributed by atoms with van der Waals surface area (Å²) in [4.78, 5) is 1.38. The van der Waals surface area contributed by atoms with Crippen LogP contribution in [0.3, 0.4) is 0 Å². The maximum Gasteiger partial charge on any atom is 0.473 e. The largest absolute Gasteiger partial charge is 0.473 e. The third-order valence-corrected chi connectivity index (χ3v) is 2.76. The molecule has 0 unspecified atom stereocenters. The summed E-state index contributed by atoms with van der Waals surface area (Å²) in [5.41, 5.74) is 1.70. The summed E-state index contributed by atoms with van der Waals surface area (Å²) < 4.78 is 0. The highest BCUT2D eigenvalue weighted by Crippen LogP contribution is 2.05. The molecular formula is C11H12BN3OS. The van der Waals surface area contributed by atoms with E-state index in [0.29, 0.717) is 11.7 Å². The number of rotatable bonds is 2. The predicted molar refractivity (Wildman–Crippen MR) is 74.3 cm³/mol. The van der Waals surface area contributed by atoms with E-state index in [2.05, 4.69) is 17.0 Å². The Hall–Kier alpha value is -1.66. The first-order chi connectivity index (χ1) is 8.24. The van der Waals surface area contributed by atoms with Gasteiger partial charge in [0.15, 0.2) is 5.11 Å². The van der Waals surface area contributed by atoms with Crippen molar-refractivity contribution in [3.63, 3.8) is 0 Å². The standard InChI is InChI=1S/C11H12BN3OS/c1-2-7-13-11(17)15-12(16)10-6-4-3-5-9(10)8-14-15/h2-6,8,16H,1,7H2,(H,13,17). The van der Waals surface area contributed by atoms with Gasteiger partial charge in [-0.3, -0.25) is 4.92 Å². The van der Waals surface area contributed by atoms with Crippen molar-refractivity contribution in [1.82, 2.24) is 10.2 Å². The van der Waals surface area contributed by atoms with Gasteiger partial charge in [0, 0.05) is 6.54 Å². The molecule has 86 valence electrons. The van der Waals surface area contributed by atoms with E-state index < -0.39 is 7.05 Å². The smallest absolute Gasteiger partial charge is 0.427 e. The lowest BCUT2D eigenvalue weighted by Gasteiger charge is -2.26. The minimum atomic E-state index is -0.846. The number of nitrogens with one attached hydrogen (secondary N) is 1. The normalized spacial score (nSPS) is 13.2. The van der Waals surface area contributed by atoms with Crippen molar-refractivity contribution in [2.45, 2.75) is 0 Å². The van der Waals surface area contributed by atoms with Crippen LogP contribution in [0.25, 0.3) is 0 Å². The maximum atomic E-state index is 10.1. The lowest BCUT2D eigenvalue weighted by Crippen LogP contribution is -2.55. The molecule has 0 amide bonds. The summed E-state index contributed by atoms with van der Waals surface area (Å²) in [7, 11) is -0.846. The summed E-state index contributed by atoms with van der Waals surface area (Å²) in [5, 5.41) is 17.6. The molecule has 0 aliphatic carbocycles. The van der Waals surface area contributed by atoms with Crippen LogP contribution in [0.1, 0.15) is 5.56 Å². The van der Waals surface area contributed by atoms with E-state index in [9.17, 15) is 5.02 Å². The van der Waals surface area contributed by atoms with Crippen LogP contribution in [-0.2, 0) is 0 Å². The molecule has 0 aromatic heterocycles. The molecule has 1 aromatic rings. The predicted octanol–water partition coefficient (Wildman–Crippen LogP) is 0.0841. The van der Waals surface area contributed by atoms with Gasteiger partial charge in [-0.2, -0.15) is 5.10 Å². The Kier molecular flexibility index (Phi) is 3.56. The van der Waals surface area contributed by atoms with E-state index in [0.717, 1.165) is 11.0 Å². The second-order valence-electron chi connectivity index (χ2n) is 3.57. The zero-order chi connectivity index (χ0) is 12.3. The molecule has 1 heterocycles. The highest BCUT2D eigenvalue weighted by Gasteiger charge is 2.30. The summed E-state index contributed by atoms with van der Waals surface area (Å²) in [6.45, 7) is 4.13. The van der Waals surface area contributed by atoms with E-state index in [1.807, 2.05) is 24.3 Å². The van der Waals surface area contributed by atoms with Crippen LogP contribution in [-0.4, -0.2) is 34.9 Å². The number of hydrogen-bond donors (Lipinski definition) is 2. The molecule has 0 atom stereocenters. The van der Waals surface area contributed by atoms with Gasteiger partial charge in [-0.25, -0.2) is 0 Å². The molecule has 0 saturated heterocycles. The Morgan fingerprint density at radius 1 is 1.59 bits per heavy atom. The molecule has 0 radical (unpaired) electrons. The molecule has 1 aliphatic heterocycles. The SMILES string of the molecule is C=CCNC(=S)N1N=Cc2ccccc2B1O. The Morgan fingerprint density at radius 3 is 3.12 bits per heavy atom. The van der Waals surface area contributed by atoms with E-state index in [1.165, 1.54) is 4.92 Å². The van der Waals surface area contributed by atoms with Crippen LogP contribution in [0.5, 0.6) is 0 Å². The monoisotopic (exact) mass is 245 g/mol. The molecule has 1 aliphatic rings. The van der Waals surface area contributed by atoms with Gasteiger partial charge < -0.3 is 10.3 Å². The minimum Gasteiger partial charge on any atom is -0.427 e. The fraction of sp³-hybridized carbons (Fsp3) is 0.0909. The molecule has 0 spiro atoms. The molecule has 6 heteroatoms. The minimum absolute atomic E-state index is 0.378. The van der Waals surface area contributed by atoms with Crippen molar-refractivity contribution in [3.8, 4) is 0 Å². The summed E-state index contributed by atoms with van der Waals surface area (Å²) in [5.74, 6) is 0. The number of benzene rings is 1. The van der Waals surface area contributed by atoms with Crippen LogP contribution in [0.15, 0.2) is 42.0 Å². The van der Waals surface area contributed by atoms with Gasteiger partial charge in [0.2, 0.25) is 0 Å². The zero-order valence-electron chi connectivity index (χ0n) is 9.21. The molecular weight excluding hydrogens is 233 g/mol. The third-order valence-electron chi connectivity index (χ3n) is 2.43. The first kappa shape index (κ1) is 11.8. The molecule has 2 N–H and O–H groups in total. The lowest BCUT2D eigenvalue weighted by molar-refractivity contribution is 0.489. The van der Waals surface area contributed by atoms with Crippen molar-refractivity contribution in [2.75, 3.05) is 6.54 Å². The van der Waals surface area contributed by atoms with Crippen LogP contribution in [0, 0.1) is 0 Å². The molecule has 4 nitrogen and oxygen atoms in total. The number of fused-ring (bicyclic) bond motifs is 1. The second-order valence-corrected chi connectivity index (χ2v) is 3.95. The van der Waals surface area contributed by atoms with E-state index >= 15 is 0 Å². The van der Waals surface area contributed by atoms with Crippen LogP contribution in [0.2, 0.25) is 0 Å². The topological polar surface area (TPSA) is 47.9 Å². The van der Waals surface area contributed by atoms with Gasteiger partial charge in [0.25, 0.3) is 0 Å². The zero-order valence-corrected chi connectivity index (χ0v) is 10.0. The number of nitrogens with zero attached hydrogens (tertiary/aromatic N) is 2. The fourth-order valence-electron chi connectivity index (χ4n) is 1.59. The highest BCUT2D eigenvalue weighted by molar-refractivity contribution is 7.80. The summed E-state index contributed by atoms with van der Waals surface area (Å²) >= 11 is 5.14. The van der Waals surface area contributed by atoms with Crippen molar-refractivity contribution < 1.29 is 5.02 Å². The van der Waals surface area contributed by atoms with Crippen molar-refractivity contribution >= 4 is 36.1 Å². The molecule has 1 aromatic carbocycles. The number of hydrazone groups is 1. The second kappa shape index (κ2) is 5.12.